The summed E-state index contributed by atoms with van der Waals surface area (Å²) < 4.78 is 58.3. The summed E-state index contributed by atoms with van der Waals surface area (Å²) in [4.78, 5) is 12.0. The van der Waals surface area contributed by atoms with Crippen molar-refractivity contribution in [1.29, 1.82) is 0 Å². The molecule has 0 amide bonds. The smallest absolute Gasteiger partial charge is 0.309 e. The number of benzene rings is 1. The van der Waals surface area contributed by atoms with Gasteiger partial charge in [-0.3, -0.25) is 4.79 Å². The highest BCUT2D eigenvalue weighted by Gasteiger charge is 2.34. The lowest BCUT2D eigenvalue weighted by atomic mass is 9.96. The van der Waals surface area contributed by atoms with Crippen LogP contribution in [-0.2, 0) is 19.6 Å². The highest BCUT2D eigenvalue weighted by molar-refractivity contribution is 7.89. The summed E-state index contributed by atoms with van der Waals surface area (Å²) in [6.07, 6.45) is 5.84. The van der Waals surface area contributed by atoms with Crippen LogP contribution in [0.1, 0.15) is 44.9 Å². The van der Waals surface area contributed by atoms with Crippen LogP contribution in [0.15, 0.2) is 23.1 Å². The zero-order valence-electron chi connectivity index (χ0n) is 14.5. The van der Waals surface area contributed by atoms with Crippen molar-refractivity contribution < 1.29 is 26.7 Å². The van der Waals surface area contributed by atoms with E-state index in [0.29, 0.717) is 18.9 Å². The standard InChI is InChI=1S/C18H23F2NO4S/c19-16-7-6-15(12-17(16)20)26(23,24)21-10-8-13(9-11-21)18(22)25-14-4-2-1-3-5-14/h6-7,12-14H,1-5,8-11H2. The van der Waals surface area contributed by atoms with Crippen molar-refractivity contribution in [3.63, 3.8) is 0 Å². The Morgan fingerprint density at radius 1 is 1.00 bits per heavy atom. The lowest BCUT2D eigenvalue weighted by Crippen LogP contribution is -2.41. The normalized spacial score (nSPS) is 20.8. The van der Waals surface area contributed by atoms with Crippen LogP contribution in [0.3, 0.4) is 0 Å². The Hall–Kier alpha value is -1.54. The fraction of sp³-hybridized carbons (Fsp3) is 0.611. The van der Waals surface area contributed by atoms with E-state index in [2.05, 4.69) is 0 Å². The highest BCUT2D eigenvalue weighted by atomic mass is 32.2. The third-order valence-electron chi connectivity index (χ3n) is 5.15. The molecule has 1 aliphatic carbocycles. The molecule has 1 aromatic rings. The molecular weight excluding hydrogens is 364 g/mol. The molecule has 1 aliphatic heterocycles. The second kappa shape index (κ2) is 8.00. The topological polar surface area (TPSA) is 63.7 Å². The molecule has 1 saturated heterocycles. The van der Waals surface area contributed by atoms with Gasteiger partial charge in [0.05, 0.1) is 10.8 Å². The minimum atomic E-state index is -3.90. The first-order chi connectivity index (χ1) is 12.4. The Morgan fingerprint density at radius 3 is 2.27 bits per heavy atom. The van der Waals surface area contributed by atoms with Gasteiger partial charge in [0.2, 0.25) is 10.0 Å². The zero-order valence-corrected chi connectivity index (χ0v) is 15.3. The maximum absolute atomic E-state index is 13.3. The number of rotatable bonds is 4. The van der Waals surface area contributed by atoms with Gasteiger partial charge in [-0.1, -0.05) is 6.42 Å². The molecule has 0 bridgehead atoms. The first-order valence-corrected chi connectivity index (χ1v) is 10.5. The van der Waals surface area contributed by atoms with Crippen molar-refractivity contribution in [2.24, 2.45) is 5.92 Å². The van der Waals surface area contributed by atoms with Gasteiger partial charge in [-0.25, -0.2) is 17.2 Å². The minimum absolute atomic E-state index is 0.0137. The number of hydrogen-bond donors (Lipinski definition) is 0. The Bertz CT molecular complexity index is 754. The number of ether oxygens (including phenoxy) is 1. The average molecular weight is 387 g/mol. The largest absolute Gasteiger partial charge is 0.462 e. The quantitative estimate of drug-likeness (QED) is 0.744. The van der Waals surface area contributed by atoms with Crippen LogP contribution in [-0.4, -0.2) is 37.9 Å². The van der Waals surface area contributed by atoms with Crippen molar-refractivity contribution in [1.82, 2.24) is 4.31 Å². The Labute approximate surface area is 152 Å². The molecule has 2 fully saturated rings. The van der Waals surface area contributed by atoms with Crippen LogP contribution in [0, 0.1) is 17.6 Å². The molecule has 0 atom stereocenters. The monoisotopic (exact) mass is 387 g/mol. The number of nitrogens with zero attached hydrogens (tertiary/aromatic N) is 1. The van der Waals surface area contributed by atoms with E-state index in [0.717, 1.165) is 37.8 Å². The van der Waals surface area contributed by atoms with Crippen LogP contribution in [0.25, 0.3) is 0 Å². The average Bonchev–Trinajstić information content (AvgIpc) is 2.65. The number of esters is 1. The maximum Gasteiger partial charge on any atom is 0.309 e. The molecule has 2 aliphatic rings. The molecule has 8 heteroatoms. The van der Waals surface area contributed by atoms with E-state index in [9.17, 15) is 22.0 Å². The molecule has 1 saturated carbocycles. The maximum atomic E-state index is 13.3. The molecule has 144 valence electrons. The van der Waals surface area contributed by atoms with Gasteiger partial charge < -0.3 is 4.74 Å². The van der Waals surface area contributed by atoms with Crippen molar-refractivity contribution in [2.45, 2.75) is 55.9 Å². The van der Waals surface area contributed by atoms with Crippen molar-refractivity contribution in [2.75, 3.05) is 13.1 Å². The zero-order chi connectivity index (χ0) is 18.7. The fourth-order valence-electron chi connectivity index (χ4n) is 3.56. The van der Waals surface area contributed by atoms with Gasteiger partial charge in [0, 0.05) is 13.1 Å². The lowest BCUT2D eigenvalue weighted by molar-refractivity contribution is -0.156. The van der Waals surface area contributed by atoms with Crippen LogP contribution in [0.5, 0.6) is 0 Å². The molecule has 0 spiro atoms. The summed E-state index contributed by atoms with van der Waals surface area (Å²) in [5, 5.41) is 0. The summed E-state index contributed by atoms with van der Waals surface area (Å²) in [6, 6.07) is 2.54. The molecule has 1 aromatic carbocycles. The van der Waals surface area contributed by atoms with Crippen molar-refractivity contribution >= 4 is 16.0 Å². The summed E-state index contributed by atoms with van der Waals surface area (Å²) in [6.45, 7) is 0.317. The summed E-state index contributed by atoms with van der Waals surface area (Å²) in [5.41, 5.74) is 0. The second-order valence-electron chi connectivity index (χ2n) is 6.95. The molecule has 0 unspecified atom stereocenters. The first kappa shape index (κ1) is 19.2. The van der Waals surface area contributed by atoms with E-state index in [1.165, 1.54) is 10.7 Å². The van der Waals surface area contributed by atoms with Gasteiger partial charge in [0.1, 0.15) is 6.10 Å². The van der Waals surface area contributed by atoms with E-state index in [1.807, 2.05) is 0 Å². The summed E-state index contributed by atoms with van der Waals surface area (Å²) >= 11 is 0. The predicted molar refractivity (Wildman–Crippen MR) is 90.8 cm³/mol. The molecule has 26 heavy (non-hydrogen) atoms. The SMILES string of the molecule is O=C(OC1CCCCC1)C1CCN(S(=O)(=O)c2ccc(F)c(F)c2)CC1. The fourth-order valence-corrected chi connectivity index (χ4v) is 5.04. The first-order valence-electron chi connectivity index (χ1n) is 9.03. The molecule has 3 rings (SSSR count). The van der Waals surface area contributed by atoms with Crippen LogP contribution < -0.4 is 0 Å². The number of carbonyl (C=O) groups is 1. The van der Waals surface area contributed by atoms with Crippen LogP contribution in [0.2, 0.25) is 0 Å². The number of halogens is 2. The van der Waals surface area contributed by atoms with Gasteiger partial charge >= 0.3 is 5.97 Å². The number of sulfonamides is 1. The Kier molecular flexibility index (Phi) is 5.92. The number of piperidine rings is 1. The number of carbonyl (C=O) groups excluding carboxylic acids is 1. The van der Waals surface area contributed by atoms with E-state index in [-0.39, 0.29) is 36.0 Å². The Balaban J connectivity index is 1.58. The van der Waals surface area contributed by atoms with Gasteiger partial charge in [-0.2, -0.15) is 4.31 Å². The number of hydrogen-bond acceptors (Lipinski definition) is 4. The van der Waals surface area contributed by atoms with Crippen LogP contribution in [0.4, 0.5) is 8.78 Å². The Morgan fingerprint density at radius 2 is 1.65 bits per heavy atom. The molecule has 0 aromatic heterocycles. The van der Waals surface area contributed by atoms with E-state index in [4.69, 9.17) is 4.74 Å². The van der Waals surface area contributed by atoms with E-state index < -0.39 is 21.7 Å². The third kappa shape index (κ3) is 4.23. The lowest BCUT2D eigenvalue weighted by Gasteiger charge is -2.31. The van der Waals surface area contributed by atoms with Crippen molar-refractivity contribution in [3.8, 4) is 0 Å². The minimum Gasteiger partial charge on any atom is -0.462 e. The molecule has 1 heterocycles. The molecular formula is C18H23F2NO4S. The summed E-state index contributed by atoms with van der Waals surface area (Å²) in [5.74, 6) is -2.85. The van der Waals surface area contributed by atoms with Gasteiger partial charge in [-0.15, -0.1) is 0 Å². The second-order valence-corrected chi connectivity index (χ2v) is 8.89. The van der Waals surface area contributed by atoms with Gasteiger partial charge in [0.25, 0.3) is 0 Å². The highest BCUT2D eigenvalue weighted by Crippen LogP contribution is 2.27. The molecule has 0 radical (unpaired) electrons. The van der Waals surface area contributed by atoms with Crippen molar-refractivity contribution in [3.05, 3.63) is 29.8 Å². The molecule has 0 N–H and O–H groups in total. The van der Waals surface area contributed by atoms with Gasteiger partial charge in [-0.05, 0) is 56.7 Å². The van der Waals surface area contributed by atoms with Crippen LogP contribution >= 0.6 is 0 Å². The predicted octanol–water partition coefficient (Wildman–Crippen LogP) is 3.24. The van der Waals surface area contributed by atoms with E-state index >= 15 is 0 Å². The van der Waals surface area contributed by atoms with Gasteiger partial charge in [0.15, 0.2) is 11.6 Å². The third-order valence-corrected chi connectivity index (χ3v) is 7.05. The summed E-state index contributed by atoms with van der Waals surface area (Å²) in [7, 11) is -3.90. The molecule has 5 nitrogen and oxygen atoms in total. The van der Waals surface area contributed by atoms with E-state index in [1.54, 1.807) is 0 Å².